The van der Waals surface area contributed by atoms with Crippen LogP contribution < -0.4 is 5.32 Å². The molecular formula is C21H29NO. The van der Waals surface area contributed by atoms with Crippen LogP contribution in [0.15, 0.2) is 36.4 Å². The number of nitrogens with one attached hydrogen (secondary N) is 1. The maximum absolute atomic E-state index is 6.78. The molecule has 1 saturated heterocycles. The summed E-state index contributed by atoms with van der Waals surface area (Å²) in [5.41, 5.74) is 3.10. The fourth-order valence-corrected chi connectivity index (χ4v) is 5.29. The van der Waals surface area contributed by atoms with Crippen LogP contribution >= 0.6 is 0 Å². The third-order valence-corrected chi connectivity index (χ3v) is 6.34. The first-order chi connectivity index (χ1) is 11.3. The van der Waals surface area contributed by atoms with Crippen molar-refractivity contribution in [1.82, 2.24) is 5.32 Å². The van der Waals surface area contributed by atoms with Crippen molar-refractivity contribution in [1.29, 1.82) is 0 Å². The van der Waals surface area contributed by atoms with Gasteiger partial charge < -0.3 is 10.1 Å². The van der Waals surface area contributed by atoms with Gasteiger partial charge in [-0.05, 0) is 49.8 Å². The minimum absolute atomic E-state index is 0.0396. The average molecular weight is 311 g/mol. The number of piperidine rings is 1. The summed E-state index contributed by atoms with van der Waals surface area (Å²) in [6.45, 7) is 4.27. The van der Waals surface area contributed by atoms with Crippen LogP contribution in [0.5, 0.6) is 0 Å². The van der Waals surface area contributed by atoms with E-state index in [2.05, 4.69) is 48.7 Å². The topological polar surface area (TPSA) is 21.3 Å². The van der Waals surface area contributed by atoms with Crippen LogP contribution in [-0.2, 0) is 16.6 Å². The van der Waals surface area contributed by atoms with Crippen molar-refractivity contribution in [3.05, 3.63) is 47.5 Å². The zero-order valence-electron chi connectivity index (χ0n) is 14.3. The molecular weight excluding hydrogens is 282 g/mol. The summed E-state index contributed by atoms with van der Waals surface area (Å²) >= 11 is 0. The summed E-state index contributed by atoms with van der Waals surface area (Å²) in [5.74, 6) is 0. The summed E-state index contributed by atoms with van der Waals surface area (Å²) < 4.78 is 6.78. The molecule has 1 aromatic carbocycles. The molecule has 0 radical (unpaired) electrons. The molecule has 124 valence electrons. The van der Waals surface area contributed by atoms with Crippen molar-refractivity contribution in [3.8, 4) is 0 Å². The highest BCUT2D eigenvalue weighted by Gasteiger charge is 2.61. The Morgan fingerprint density at radius 3 is 3.04 bits per heavy atom. The normalized spacial score (nSPS) is 34.7. The predicted octanol–water partition coefficient (Wildman–Crippen LogP) is 4.14. The van der Waals surface area contributed by atoms with E-state index in [9.17, 15) is 0 Å². The molecule has 2 aliphatic carbocycles. The number of fused-ring (bicyclic) bond motifs is 1. The molecule has 0 saturated carbocycles. The zero-order chi connectivity index (χ0) is 15.8. The summed E-state index contributed by atoms with van der Waals surface area (Å²) in [4.78, 5) is 0. The van der Waals surface area contributed by atoms with E-state index in [1.807, 2.05) is 0 Å². The average Bonchev–Trinajstić information content (AvgIpc) is 2.59. The van der Waals surface area contributed by atoms with E-state index in [-0.39, 0.29) is 11.0 Å². The number of hydrogen-bond donors (Lipinski definition) is 1. The van der Waals surface area contributed by atoms with Gasteiger partial charge in [0.15, 0.2) is 0 Å². The minimum Gasteiger partial charge on any atom is -0.372 e. The fourth-order valence-electron chi connectivity index (χ4n) is 5.29. The molecule has 1 unspecified atom stereocenters. The molecule has 3 atom stereocenters. The van der Waals surface area contributed by atoms with Gasteiger partial charge in [0.2, 0.25) is 0 Å². The SMILES string of the molecule is CCCCCOC12CCC=C[C@@]13CCN[C@@H]2Cc1ccccc13. The van der Waals surface area contributed by atoms with Crippen molar-refractivity contribution in [3.63, 3.8) is 0 Å². The van der Waals surface area contributed by atoms with Crippen LogP contribution in [-0.4, -0.2) is 24.8 Å². The predicted molar refractivity (Wildman–Crippen MR) is 94.8 cm³/mol. The van der Waals surface area contributed by atoms with Crippen LogP contribution in [0.25, 0.3) is 0 Å². The smallest absolute Gasteiger partial charge is 0.0971 e. The Morgan fingerprint density at radius 2 is 2.13 bits per heavy atom. The summed E-state index contributed by atoms with van der Waals surface area (Å²) in [5, 5.41) is 3.81. The van der Waals surface area contributed by atoms with Crippen LogP contribution in [0, 0.1) is 0 Å². The highest BCUT2D eigenvalue weighted by Crippen LogP contribution is 2.55. The van der Waals surface area contributed by atoms with Crippen LogP contribution in [0.2, 0.25) is 0 Å². The fraction of sp³-hybridized carbons (Fsp3) is 0.619. The van der Waals surface area contributed by atoms with E-state index in [4.69, 9.17) is 4.74 Å². The lowest BCUT2D eigenvalue weighted by Crippen LogP contribution is -2.71. The van der Waals surface area contributed by atoms with Crippen molar-refractivity contribution < 1.29 is 4.74 Å². The van der Waals surface area contributed by atoms with Crippen molar-refractivity contribution in [2.45, 2.75) is 68.9 Å². The highest BCUT2D eigenvalue weighted by molar-refractivity contribution is 5.49. The standard InChI is InChI=1S/C21H29NO/c1-2-3-8-15-23-21-12-7-6-11-20(21)13-14-22-19(21)16-17-9-4-5-10-18(17)20/h4-6,9-11,19,22H,2-3,7-8,12-16H2,1H3/t19-,20+,21?/m1/s1. The third-order valence-electron chi connectivity index (χ3n) is 6.34. The van der Waals surface area contributed by atoms with Gasteiger partial charge in [0.1, 0.15) is 0 Å². The molecule has 2 nitrogen and oxygen atoms in total. The number of allylic oxidation sites excluding steroid dienone is 1. The molecule has 23 heavy (non-hydrogen) atoms. The van der Waals surface area contributed by atoms with Gasteiger partial charge in [-0.15, -0.1) is 0 Å². The van der Waals surface area contributed by atoms with E-state index >= 15 is 0 Å². The second kappa shape index (κ2) is 6.07. The van der Waals surface area contributed by atoms with Crippen LogP contribution in [0.1, 0.15) is 56.6 Å². The summed E-state index contributed by atoms with van der Waals surface area (Å²) in [6.07, 6.45) is 13.2. The van der Waals surface area contributed by atoms with Gasteiger partial charge in [0.05, 0.1) is 5.60 Å². The van der Waals surface area contributed by atoms with E-state index in [0.717, 1.165) is 38.8 Å². The first-order valence-corrected chi connectivity index (χ1v) is 9.46. The quantitative estimate of drug-likeness (QED) is 0.652. The van der Waals surface area contributed by atoms with Gasteiger partial charge in [-0.25, -0.2) is 0 Å². The minimum atomic E-state index is -0.0396. The second-order valence-electron chi connectivity index (χ2n) is 7.48. The lowest BCUT2D eigenvalue weighted by molar-refractivity contribution is -0.142. The van der Waals surface area contributed by atoms with Gasteiger partial charge in [-0.2, -0.15) is 0 Å². The number of hydrogen-bond acceptors (Lipinski definition) is 2. The maximum Gasteiger partial charge on any atom is 0.0971 e. The Hall–Kier alpha value is -1.12. The summed E-state index contributed by atoms with van der Waals surface area (Å²) in [7, 11) is 0. The maximum atomic E-state index is 6.78. The lowest BCUT2D eigenvalue weighted by atomic mass is 9.52. The van der Waals surface area contributed by atoms with Gasteiger partial charge in [0.25, 0.3) is 0 Å². The summed E-state index contributed by atoms with van der Waals surface area (Å²) in [6, 6.07) is 9.53. The molecule has 0 amide bonds. The van der Waals surface area contributed by atoms with E-state index in [0.29, 0.717) is 6.04 Å². The Bertz CT molecular complexity index is 595. The third kappa shape index (κ3) is 2.22. The molecule has 1 aliphatic heterocycles. The molecule has 1 fully saturated rings. The van der Waals surface area contributed by atoms with Gasteiger partial charge >= 0.3 is 0 Å². The molecule has 0 spiro atoms. The Morgan fingerprint density at radius 1 is 1.22 bits per heavy atom. The van der Waals surface area contributed by atoms with E-state index in [1.165, 1.54) is 30.4 Å². The Balaban J connectivity index is 1.76. The number of ether oxygens (including phenoxy) is 1. The number of benzene rings is 1. The van der Waals surface area contributed by atoms with Gasteiger partial charge in [0, 0.05) is 18.1 Å². The second-order valence-corrected chi connectivity index (χ2v) is 7.48. The Labute approximate surface area is 140 Å². The Kier molecular flexibility index (Phi) is 4.07. The first kappa shape index (κ1) is 15.4. The van der Waals surface area contributed by atoms with Gasteiger partial charge in [-0.1, -0.05) is 56.2 Å². The molecule has 1 aromatic rings. The largest absolute Gasteiger partial charge is 0.372 e. The number of unbranched alkanes of at least 4 members (excludes halogenated alkanes) is 2. The van der Waals surface area contributed by atoms with Crippen molar-refractivity contribution in [2.24, 2.45) is 0 Å². The van der Waals surface area contributed by atoms with E-state index in [1.54, 1.807) is 0 Å². The molecule has 2 heteroatoms. The monoisotopic (exact) mass is 311 g/mol. The molecule has 2 bridgehead atoms. The van der Waals surface area contributed by atoms with Crippen molar-refractivity contribution >= 4 is 0 Å². The van der Waals surface area contributed by atoms with Crippen LogP contribution in [0.3, 0.4) is 0 Å². The molecule has 1 heterocycles. The highest BCUT2D eigenvalue weighted by atomic mass is 16.5. The van der Waals surface area contributed by atoms with Crippen LogP contribution in [0.4, 0.5) is 0 Å². The molecule has 3 aliphatic rings. The molecule has 4 rings (SSSR count). The van der Waals surface area contributed by atoms with Crippen molar-refractivity contribution in [2.75, 3.05) is 13.2 Å². The first-order valence-electron chi connectivity index (χ1n) is 9.46. The molecule has 0 aromatic heterocycles. The van der Waals surface area contributed by atoms with Gasteiger partial charge in [-0.3, -0.25) is 0 Å². The molecule has 1 N–H and O–H groups in total. The number of rotatable bonds is 5. The zero-order valence-corrected chi connectivity index (χ0v) is 14.3. The van der Waals surface area contributed by atoms with E-state index < -0.39 is 0 Å². The lowest BCUT2D eigenvalue weighted by Gasteiger charge is -2.61.